The molecule has 0 amide bonds. The van der Waals surface area contributed by atoms with Crippen LogP contribution in [0.1, 0.15) is 123 Å². The number of rotatable bonds is 11. The molecule has 3 fully saturated rings. The van der Waals surface area contributed by atoms with Crippen molar-refractivity contribution in [2.75, 3.05) is 6.61 Å². The molecule has 4 aliphatic rings. The number of allylic oxidation sites excluding steroid dienone is 1. The lowest BCUT2D eigenvalue weighted by atomic mass is 9.52. The highest BCUT2D eigenvalue weighted by atomic mass is 16.5. The first-order valence-electron chi connectivity index (χ1n) is 14.0. The van der Waals surface area contributed by atoms with Crippen molar-refractivity contribution in [3.63, 3.8) is 0 Å². The van der Waals surface area contributed by atoms with E-state index in [2.05, 4.69) is 13.8 Å². The van der Waals surface area contributed by atoms with E-state index in [1.807, 2.05) is 6.08 Å². The lowest BCUT2D eigenvalue weighted by molar-refractivity contribution is -0.116. The Morgan fingerprint density at radius 2 is 1.61 bits per heavy atom. The third-order valence-corrected chi connectivity index (χ3v) is 9.78. The number of hydrogen-bond donors (Lipinski definition) is 0. The first kappa shape index (κ1) is 23.5. The number of ether oxygens (including phenoxy) is 1. The van der Waals surface area contributed by atoms with Gasteiger partial charge < -0.3 is 4.74 Å². The first-order valence-corrected chi connectivity index (χ1v) is 14.0. The smallest absolute Gasteiger partial charge is 0.155 e. The van der Waals surface area contributed by atoms with E-state index in [4.69, 9.17) is 4.74 Å². The minimum Gasteiger partial charge on any atom is -0.378 e. The zero-order chi connectivity index (χ0) is 21.7. The van der Waals surface area contributed by atoms with Crippen LogP contribution in [0.25, 0.3) is 0 Å². The molecule has 0 aliphatic heterocycles. The number of carbonyl (C=O) groups is 1. The van der Waals surface area contributed by atoms with Gasteiger partial charge in [0.2, 0.25) is 0 Å². The Balaban J connectivity index is 1.20. The molecule has 0 heterocycles. The van der Waals surface area contributed by atoms with Crippen LogP contribution in [-0.2, 0) is 9.53 Å². The van der Waals surface area contributed by atoms with E-state index in [0.29, 0.717) is 17.3 Å². The van der Waals surface area contributed by atoms with E-state index in [1.54, 1.807) is 0 Å². The molecule has 0 aromatic heterocycles. The summed E-state index contributed by atoms with van der Waals surface area (Å²) in [5.74, 6) is 3.70. The van der Waals surface area contributed by atoms with Crippen LogP contribution >= 0.6 is 0 Å². The normalized spacial score (nSPS) is 37.2. The Morgan fingerprint density at radius 3 is 2.39 bits per heavy atom. The van der Waals surface area contributed by atoms with Crippen LogP contribution in [0.4, 0.5) is 0 Å². The van der Waals surface area contributed by atoms with Crippen molar-refractivity contribution in [2.45, 2.75) is 129 Å². The number of ketones is 1. The van der Waals surface area contributed by atoms with Crippen LogP contribution in [-0.4, -0.2) is 18.5 Å². The van der Waals surface area contributed by atoms with Gasteiger partial charge in [0.05, 0.1) is 6.10 Å². The molecule has 6 atom stereocenters. The summed E-state index contributed by atoms with van der Waals surface area (Å²) in [4.78, 5) is 11.9. The molecule has 3 saturated carbocycles. The van der Waals surface area contributed by atoms with E-state index >= 15 is 0 Å². The Hall–Kier alpha value is -0.630. The first-order chi connectivity index (χ1) is 15.1. The molecule has 0 aromatic rings. The molecule has 0 saturated heterocycles. The monoisotopic (exact) mass is 428 g/mol. The van der Waals surface area contributed by atoms with Crippen molar-refractivity contribution in [3.05, 3.63) is 11.6 Å². The van der Waals surface area contributed by atoms with Gasteiger partial charge in [-0.05, 0) is 86.5 Å². The Morgan fingerprint density at radius 1 is 0.871 bits per heavy atom. The van der Waals surface area contributed by atoms with Crippen molar-refractivity contribution < 1.29 is 9.53 Å². The molecule has 2 nitrogen and oxygen atoms in total. The maximum atomic E-state index is 11.9. The average molecular weight is 429 g/mol. The highest BCUT2D eigenvalue weighted by Crippen LogP contribution is 2.62. The lowest BCUT2D eigenvalue weighted by Gasteiger charge is -2.53. The third kappa shape index (κ3) is 5.31. The topological polar surface area (TPSA) is 26.3 Å². The molecule has 4 rings (SSSR count). The van der Waals surface area contributed by atoms with Crippen molar-refractivity contribution in [2.24, 2.45) is 29.1 Å². The number of hydrogen-bond acceptors (Lipinski definition) is 2. The molecule has 31 heavy (non-hydrogen) atoms. The summed E-state index contributed by atoms with van der Waals surface area (Å²) in [5, 5.41) is 0. The van der Waals surface area contributed by atoms with E-state index in [1.165, 1.54) is 102 Å². The van der Waals surface area contributed by atoms with Crippen LogP contribution in [0.5, 0.6) is 0 Å². The van der Waals surface area contributed by atoms with Gasteiger partial charge in [-0.15, -0.1) is 0 Å². The van der Waals surface area contributed by atoms with Crippen LogP contribution in [0.3, 0.4) is 0 Å². The predicted octanol–water partition coefficient (Wildman–Crippen LogP) is 8.04. The van der Waals surface area contributed by atoms with Crippen LogP contribution < -0.4 is 0 Å². The highest BCUT2D eigenvalue weighted by molar-refractivity contribution is 5.91. The Bertz CT molecular complexity index is 622. The van der Waals surface area contributed by atoms with E-state index in [-0.39, 0.29) is 0 Å². The summed E-state index contributed by atoms with van der Waals surface area (Å²) in [6, 6.07) is 0. The second-order valence-electron chi connectivity index (χ2n) is 11.6. The lowest BCUT2D eigenvalue weighted by Crippen LogP contribution is -2.48. The second-order valence-corrected chi connectivity index (χ2v) is 11.6. The standard InChI is InChI=1S/C29H48O2/c1-3-4-5-6-7-8-9-10-11-20-31-28-17-16-27-26-14-12-22-21-23(30)13-15-24(22)25(26)18-19-29(27,28)2/h21,24-28H,3-20H2,1-2H3/t24-,25+,26+,27-,28-,29-/m0/s1. The number of unbranched alkanes of at least 4 members (excludes halogenated alkanes) is 8. The maximum Gasteiger partial charge on any atom is 0.155 e. The minimum atomic E-state index is 0.385. The summed E-state index contributed by atoms with van der Waals surface area (Å²) in [6.45, 7) is 5.84. The zero-order valence-electron chi connectivity index (χ0n) is 20.5. The molecule has 0 aromatic carbocycles. The summed E-state index contributed by atoms with van der Waals surface area (Å²) in [7, 11) is 0. The predicted molar refractivity (Wildman–Crippen MR) is 129 cm³/mol. The quantitative estimate of drug-likeness (QED) is 0.311. The fourth-order valence-electron chi connectivity index (χ4n) is 8.04. The van der Waals surface area contributed by atoms with Gasteiger partial charge in [-0.25, -0.2) is 0 Å². The number of carbonyl (C=O) groups excluding carboxylic acids is 1. The summed E-state index contributed by atoms with van der Waals surface area (Å²) < 4.78 is 6.58. The highest BCUT2D eigenvalue weighted by Gasteiger charge is 2.56. The van der Waals surface area contributed by atoms with Gasteiger partial charge in [0.15, 0.2) is 5.78 Å². The van der Waals surface area contributed by atoms with Gasteiger partial charge in [0.1, 0.15) is 0 Å². The van der Waals surface area contributed by atoms with Gasteiger partial charge in [-0.3, -0.25) is 4.79 Å². The fraction of sp³-hybridized carbons (Fsp3) is 0.897. The molecular formula is C29H48O2. The van der Waals surface area contributed by atoms with E-state index in [0.717, 1.165) is 43.1 Å². The van der Waals surface area contributed by atoms with Gasteiger partial charge in [0.25, 0.3) is 0 Å². The molecule has 0 unspecified atom stereocenters. The summed E-state index contributed by atoms with van der Waals surface area (Å²) in [6.07, 6.45) is 24.8. The Kier molecular flexibility index (Phi) is 8.34. The van der Waals surface area contributed by atoms with Crippen molar-refractivity contribution in [1.29, 1.82) is 0 Å². The van der Waals surface area contributed by atoms with Crippen molar-refractivity contribution >= 4 is 5.78 Å². The Labute approximate surface area is 192 Å². The van der Waals surface area contributed by atoms with Crippen LogP contribution in [0, 0.1) is 29.1 Å². The van der Waals surface area contributed by atoms with Crippen LogP contribution in [0.2, 0.25) is 0 Å². The van der Waals surface area contributed by atoms with E-state index in [9.17, 15) is 4.79 Å². The molecular weight excluding hydrogens is 380 g/mol. The SMILES string of the molecule is CCCCCCCCCCCO[C@H]1CC[C@H]2[C@@H]3CCC4=CC(=O)CC[C@@H]4[C@H]3CC[C@]12C. The van der Waals surface area contributed by atoms with Gasteiger partial charge in [-0.2, -0.15) is 0 Å². The van der Waals surface area contributed by atoms with Gasteiger partial charge in [0, 0.05) is 13.0 Å². The average Bonchev–Trinajstić information content (AvgIpc) is 3.11. The van der Waals surface area contributed by atoms with E-state index < -0.39 is 0 Å². The second kappa shape index (κ2) is 11.0. The molecule has 0 bridgehead atoms. The zero-order valence-corrected chi connectivity index (χ0v) is 20.5. The minimum absolute atomic E-state index is 0.385. The largest absolute Gasteiger partial charge is 0.378 e. The summed E-state index contributed by atoms with van der Waals surface area (Å²) in [5.41, 5.74) is 1.92. The van der Waals surface area contributed by atoms with Gasteiger partial charge in [-0.1, -0.05) is 70.8 Å². The molecule has 4 aliphatic carbocycles. The number of fused-ring (bicyclic) bond motifs is 5. The maximum absolute atomic E-state index is 11.9. The molecule has 0 radical (unpaired) electrons. The third-order valence-electron chi connectivity index (χ3n) is 9.78. The van der Waals surface area contributed by atoms with Gasteiger partial charge >= 0.3 is 0 Å². The van der Waals surface area contributed by atoms with Crippen molar-refractivity contribution in [3.8, 4) is 0 Å². The fourth-order valence-corrected chi connectivity index (χ4v) is 8.04. The summed E-state index contributed by atoms with van der Waals surface area (Å²) >= 11 is 0. The molecule has 0 spiro atoms. The van der Waals surface area contributed by atoms with Crippen molar-refractivity contribution in [1.82, 2.24) is 0 Å². The molecule has 0 N–H and O–H groups in total. The van der Waals surface area contributed by atoms with Crippen LogP contribution in [0.15, 0.2) is 11.6 Å². The molecule has 176 valence electrons. The molecule has 2 heteroatoms.